The number of halogens is 1. The van der Waals surface area contributed by atoms with Gasteiger partial charge in [0, 0.05) is 10.9 Å². The van der Waals surface area contributed by atoms with E-state index in [1.807, 2.05) is 18.2 Å². The molecule has 0 saturated carbocycles. The summed E-state index contributed by atoms with van der Waals surface area (Å²) in [5, 5.41) is 5.20. The molecule has 0 unspecified atom stereocenters. The number of para-hydroxylation sites is 1. The van der Waals surface area contributed by atoms with E-state index in [4.69, 9.17) is 16.0 Å². The van der Waals surface area contributed by atoms with Crippen molar-refractivity contribution in [1.82, 2.24) is 5.32 Å². The van der Waals surface area contributed by atoms with Crippen molar-refractivity contribution in [2.45, 2.75) is 39.8 Å². The number of rotatable bonds is 2. The molecule has 0 atom stereocenters. The molecule has 0 fully saturated rings. The van der Waals surface area contributed by atoms with Gasteiger partial charge in [-0.2, -0.15) is 0 Å². The van der Waals surface area contributed by atoms with Crippen molar-refractivity contribution < 1.29 is 4.42 Å². The van der Waals surface area contributed by atoms with Gasteiger partial charge in [0.1, 0.15) is 5.76 Å². The van der Waals surface area contributed by atoms with Crippen LogP contribution in [0.3, 0.4) is 0 Å². The highest BCUT2D eigenvalue weighted by atomic mass is 35.5. The van der Waals surface area contributed by atoms with Gasteiger partial charge in [-0.25, -0.2) is 0 Å². The van der Waals surface area contributed by atoms with Crippen LogP contribution in [0.5, 0.6) is 0 Å². The van der Waals surface area contributed by atoms with Crippen molar-refractivity contribution in [2.24, 2.45) is 0 Å². The quantitative estimate of drug-likeness (QED) is 0.862. The van der Waals surface area contributed by atoms with Crippen LogP contribution in [0.2, 0.25) is 5.02 Å². The summed E-state index contributed by atoms with van der Waals surface area (Å²) in [4.78, 5) is 0. The monoisotopic (exact) mass is 251 g/mol. The maximum absolute atomic E-state index is 6.12. The fourth-order valence-corrected chi connectivity index (χ4v) is 1.99. The summed E-state index contributed by atoms with van der Waals surface area (Å²) in [7, 11) is 0. The minimum atomic E-state index is 0.0786. The number of hydrogen-bond donors (Lipinski definition) is 1. The van der Waals surface area contributed by atoms with Crippen LogP contribution in [0.4, 0.5) is 0 Å². The lowest BCUT2D eigenvalue weighted by Gasteiger charge is -2.19. The SMILES string of the molecule is Cc1c(CNC(C)(C)C)oc2c(Cl)cccc12. The van der Waals surface area contributed by atoms with Crippen LogP contribution in [-0.4, -0.2) is 5.54 Å². The predicted octanol–water partition coefficient (Wildman–Crippen LogP) is 4.28. The Morgan fingerprint density at radius 1 is 1.29 bits per heavy atom. The fourth-order valence-electron chi connectivity index (χ4n) is 1.77. The van der Waals surface area contributed by atoms with Crippen LogP contribution in [0, 0.1) is 6.92 Å². The third-order valence-corrected chi connectivity index (χ3v) is 3.09. The first-order chi connectivity index (χ1) is 7.88. The molecule has 0 aliphatic rings. The second kappa shape index (κ2) is 4.35. The van der Waals surface area contributed by atoms with Crippen molar-refractivity contribution in [3.8, 4) is 0 Å². The van der Waals surface area contributed by atoms with Gasteiger partial charge in [0.2, 0.25) is 0 Å². The topological polar surface area (TPSA) is 25.2 Å². The number of nitrogens with one attached hydrogen (secondary N) is 1. The summed E-state index contributed by atoms with van der Waals surface area (Å²) in [6.45, 7) is 9.20. The summed E-state index contributed by atoms with van der Waals surface area (Å²) in [5.74, 6) is 0.961. The Balaban J connectivity index is 2.36. The molecule has 17 heavy (non-hydrogen) atoms. The van der Waals surface area contributed by atoms with E-state index in [1.165, 1.54) is 5.56 Å². The Morgan fingerprint density at radius 3 is 2.59 bits per heavy atom. The van der Waals surface area contributed by atoms with Crippen molar-refractivity contribution in [1.29, 1.82) is 0 Å². The zero-order valence-corrected chi connectivity index (χ0v) is 11.5. The first-order valence-electron chi connectivity index (χ1n) is 5.80. The molecule has 0 saturated heterocycles. The molecule has 2 rings (SSSR count). The van der Waals surface area contributed by atoms with E-state index in [2.05, 4.69) is 33.0 Å². The van der Waals surface area contributed by atoms with E-state index in [0.717, 1.165) is 23.3 Å². The van der Waals surface area contributed by atoms with Crippen LogP contribution in [0.1, 0.15) is 32.1 Å². The fraction of sp³-hybridized carbons (Fsp3) is 0.429. The first-order valence-corrected chi connectivity index (χ1v) is 6.18. The molecule has 0 spiro atoms. The third kappa shape index (κ3) is 2.64. The Hall–Kier alpha value is -0.990. The predicted molar refractivity (Wildman–Crippen MR) is 72.6 cm³/mol. The molecule has 1 aromatic carbocycles. The highest BCUT2D eigenvalue weighted by Crippen LogP contribution is 2.30. The summed E-state index contributed by atoms with van der Waals surface area (Å²) in [6, 6.07) is 5.85. The Morgan fingerprint density at radius 2 is 2.00 bits per heavy atom. The van der Waals surface area contributed by atoms with Crippen molar-refractivity contribution in [2.75, 3.05) is 0 Å². The zero-order chi connectivity index (χ0) is 12.6. The molecule has 1 heterocycles. The molecule has 0 aliphatic heterocycles. The van der Waals surface area contributed by atoms with Crippen LogP contribution >= 0.6 is 11.6 Å². The van der Waals surface area contributed by atoms with E-state index in [9.17, 15) is 0 Å². The Labute approximate surface area is 107 Å². The van der Waals surface area contributed by atoms with Gasteiger partial charge in [0.25, 0.3) is 0 Å². The van der Waals surface area contributed by atoms with Crippen LogP contribution in [0.15, 0.2) is 22.6 Å². The van der Waals surface area contributed by atoms with Gasteiger partial charge in [0.15, 0.2) is 5.58 Å². The average molecular weight is 252 g/mol. The molecule has 0 bridgehead atoms. The molecule has 1 N–H and O–H groups in total. The summed E-state index contributed by atoms with van der Waals surface area (Å²) in [6.07, 6.45) is 0. The lowest BCUT2D eigenvalue weighted by atomic mass is 10.1. The van der Waals surface area contributed by atoms with Gasteiger partial charge in [-0.3, -0.25) is 0 Å². The normalized spacial score (nSPS) is 12.3. The van der Waals surface area contributed by atoms with Gasteiger partial charge in [0.05, 0.1) is 11.6 Å². The molecular formula is C14H18ClNO. The highest BCUT2D eigenvalue weighted by molar-refractivity contribution is 6.34. The van der Waals surface area contributed by atoms with Gasteiger partial charge in [-0.15, -0.1) is 0 Å². The standard InChI is InChI=1S/C14H18ClNO/c1-9-10-6-5-7-11(15)13(10)17-12(9)8-16-14(2,3)4/h5-7,16H,8H2,1-4H3. The molecule has 3 heteroatoms. The van der Waals surface area contributed by atoms with Gasteiger partial charge in [-0.05, 0) is 39.3 Å². The molecular weight excluding hydrogens is 234 g/mol. The van der Waals surface area contributed by atoms with Crippen molar-refractivity contribution in [3.05, 3.63) is 34.5 Å². The lowest BCUT2D eigenvalue weighted by molar-refractivity contribution is 0.394. The molecule has 0 radical (unpaired) electrons. The molecule has 2 nitrogen and oxygen atoms in total. The maximum atomic E-state index is 6.12. The molecule has 0 amide bonds. The van der Waals surface area contributed by atoms with E-state index < -0.39 is 0 Å². The number of aryl methyl sites for hydroxylation is 1. The van der Waals surface area contributed by atoms with Gasteiger partial charge >= 0.3 is 0 Å². The second-order valence-corrected chi connectivity index (χ2v) is 5.78. The molecule has 1 aromatic heterocycles. The number of furan rings is 1. The number of hydrogen-bond acceptors (Lipinski definition) is 2. The third-order valence-electron chi connectivity index (χ3n) is 2.79. The molecule has 92 valence electrons. The van der Waals surface area contributed by atoms with Crippen LogP contribution in [0.25, 0.3) is 11.0 Å². The second-order valence-electron chi connectivity index (χ2n) is 5.37. The van der Waals surface area contributed by atoms with E-state index in [1.54, 1.807) is 0 Å². The zero-order valence-electron chi connectivity index (χ0n) is 10.7. The minimum absolute atomic E-state index is 0.0786. The van der Waals surface area contributed by atoms with Crippen LogP contribution in [-0.2, 0) is 6.54 Å². The van der Waals surface area contributed by atoms with Gasteiger partial charge < -0.3 is 9.73 Å². The smallest absolute Gasteiger partial charge is 0.153 e. The number of fused-ring (bicyclic) bond motifs is 1. The molecule has 0 aliphatic carbocycles. The maximum Gasteiger partial charge on any atom is 0.153 e. The average Bonchev–Trinajstić information content (AvgIpc) is 2.54. The van der Waals surface area contributed by atoms with E-state index >= 15 is 0 Å². The minimum Gasteiger partial charge on any atom is -0.458 e. The van der Waals surface area contributed by atoms with Crippen molar-refractivity contribution >= 4 is 22.6 Å². The van der Waals surface area contributed by atoms with Crippen LogP contribution < -0.4 is 5.32 Å². The van der Waals surface area contributed by atoms with Gasteiger partial charge in [-0.1, -0.05) is 23.7 Å². The Bertz CT molecular complexity index is 537. The molecule has 2 aromatic rings. The van der Waals surface area contributed by atoms with E-state index in [-0.39, 0.29) is 5.54 Å². The lowest BCUT2D eigenvalue weighted by Crippen LogP contribution is -2.35. The summed E-state index contributed by atoms with van der Waals surface area (Å²) < 4.78 is 5.83. The van der Waals surface area contributed by atoms with E-state index in [0.29, 0.717) is 5.02 Å². The largest absolute Gasteiger partial charge is 0.458 e. The first kappa shape index (κ1) is 12.5. The Kier molecular flexibility index (Phi) is 3.19. The number of benzene rings is 1. The van der Waals surface area contributed by atoms with Crippen molar-refractivity contribution in [3.63, 3.8) is 0 Å². The highest BCUT2D eigenvalue weighted by Gasteiger charge is 2.15. The summed E-state index contributed by atoms with van der Waals surface area (Å²) in [5.41, 5.74) is 2.03. The summed E-state index contributed by atoms with van der Waals surface area (Å²) >= 11 is 6.12.